The molecule has 2 aromatic rings. The molecule has 6 nitrogen and oxygen atoms in total. The van der Waals surface area contributed by atoms with E-state index < -0.39 is 0 Å². The molecule has 1 fully saturated rings. The number of rotatable bonds is 6. The van der Waals surface area contributed by atoms with Gasteiger partial charge in [-0.25, -0.2) is 0 Å². The Morgan fingerprint density at radius 2 is 1.81 bits per heavy atom. The molecule has 2 heterocycles. The van der Waals surface area contributed by atoms with Gasteiger partial charge in [-0.1, -0.05) is 12.1 Å². The van der Waals surface area contributed by atoms with Crippen LogP contribution < -0.4 is 0 Å². The maximum Gasteiger partial charge on any atom is 0.261 e. The monoisotopic (exact) mass is 352 g/mol. The highest BCUT2D eigenvalue weighted by Gasteiger charge is 2.39. The molecule has 0 spiro atoms. The standard InChI is InChI=1S/C20H20N2O4/c1-13(17-7-4-12-26-17)22(14-8-9-14)18(23)10-11-21-19(24)15-5-2-3-6-16(15)20(21)25/h2-7,12-14H,8-11H2,1H3/t13-/m0/s1. The van der Waals surface area contributed by atoms with Crippen LogP contribution in [0.4, 0.5) is 0 Å². The van der Waals surface area contributed by atoms with Gasteiger partial charge in [0.2, 0.25) is 5.91 Å². The Morgan fingerprint density at radius 3 is 2.35 bits per heavy atom. The van der Waals surface area contributed by atoms with Crippen molar-refractivity contribution in [2.24, 2.45) is 0 Å². The largest absolute Gasteiger partial charge is 0.467 e. The van der Waals surface area contributed by atoms with E-state index in [1.165, 1.54) is 4.90 Å². The molecule has 1 aliphatic heterocycles. The van der Waals surface area contributed by atoms with Crippen molar-refractivity contribution in [1.82, 2.24) is 9.80 Å². The summed E-state index contributed by atoms with van der Waals surface area (Å²) in [5.74, 6) is 0.0323. The minimum absolute atomic E-state index is 0.0621. The second-order valence-electron chi connectivity index (χ2n) is 6.78. The first-order valence-corrected chi connectivity index (χ1v) is 8.87. The van der Waals surface area contributed by atoms with E-state index in [0.29, 0.717) is 11.1 Å². The van der Waals surface area contributed by atoms with Crippen molar-refractivity contribution < 1.29 is 18.8 Å². The molecule has 0 radical (unpaired) electrons. The number of amides is 3. The molecule has 0 unspecified atom stereocenters. The third kappa shape index (κ3) is 2.81. The molecule has 3 amide bonds. The Kier molecular flexibility index (Phi) is 4.11. The third-order valence-corrected chi connectivity index (χ3v) is 5.03. The molecule has 1 atom stereocenters. The Balaban J connectivity index is 1.45. The van der Waals surface area contributed by atoms with Gasteiger partial charge >= 0.3 is 0 Å². The van der Waals surface area contributed by atoms with Crippen molar-refractivity contribution in [3.8, 4) is 0 Å². The quantitative estimate of drug-likeness (QED) is 0.749. The van der Waals surface area contributed by atoms with Gasteiger partial charge in [0.25, 0.3) is 11.8 Å². The van der Waals surface area contributed by atoms with Gasteiger partial charge in [-0.2, -0.15) is 0 Å². The molecule has 134 valence electrons. The first-order valence-electron chi connectivity index (χ1n) is 8.87. The van der Waals surface area contributed by atoms with Crippen molar-refractivity contribution in [2.75, 3.05) is 6.54 Å². The summed E-state index contributed by atoms with van der Waals surface area (Å²) in [5, 5.41) is 0. The first-order chi connectivity index (χ1) is 12.6. The zero-order valence-electron chi connectivity index (χ0n) is 14.6. The second kappa shape index (κ2) is 6.44. The highest BCUT2D eigenvalue weighted by Crippen LogP contribution is 2.35. The van der Waals surface area contributed by atoms with E-state index in [4.69, 9.17) is 4.42 Å². The maximum atomic E-state index is 12.8. The van der Waals surface area contributed by atoms with Crippen LogP contribution in [0.3, 0.4) is 0 Å². The average Bonchev–Trinajstić information content (AvgIpc) is 3.25. The molecule has 2 aliphatic rings. The molecule has 26 heavy (non-hydrogen) atoms. The highest BCUT2D eigenvalue weighted by molar-refractivity contribution is 6.21. The maximum absolute atomic E-state index is 12.8. The summed E-state index contributed by atoms with van der Waals surface area (Å²) in [4.78, 5) is 40.7. The van der Waals surface area contributed by atoms with Gasteiger partial charge in [0.05, 0.1) is 23.4 Å². The lowest BCUT2D eigenvalue weighted by Gasteiger charge is -2.28. The normalized spacial score (nSPS) is 17.3. The highest BCUT2D eigenvalue weighted by atomic mass is 16.3. The lowest BCUT2D eigenvalue weighted by atomic mass is 10.1. The van der Waals surface area contributed by atoms with Crippen LogP contribution >= 0.6 is 0 Å². The van der Waals surface area contributed by atoms with E-state index in [9.17, 15) is 14.4 Å². The number of carbonyl (C=O) groups is 3. The van der Waals surface area contributed by atoms with E-state index in [0.717, 1.165) is 18.6 Å². The van der Waals surface area contributed by atoms with Gasteiger partial charge in [-0.3, -0.25) is 19.3 Å². The number of furan rings is 1. The smallest absolute Gasteiger partial charge is 0.261 e. The summed E-state index contributed by atoms with van der Waals surface area (Å²) >= 11 is 0. The number of hydrogen-bond donors (Lipinski definition) is 0. The minimum Gasteiger partial charge on any atom is -0.467 e. The average molecular weight is 352 g/mol. The molecule has 1 aromatic heterocycles. The first kappa shape index (κ1) is 16.6. The van der Waals surface area contributed by atoms with Crippen molar-refractivity contribution in [3.05, 3.63) is 59.5 Å². The van der Waals surface area contributed by atoms with E-state index in [1.54, 1.807) is 36.6 Å². The van der Waals surface area contributed by atoms with Crippen LogP contribution in [0.15, 0.2) is 47.1 Å². The fraction of sp³-hybridized carbons (Fsp3) is 0.350. The molecule has 0 bridgehead atoms. The van der Waals surface area contributed by atoms with Crippen LogP contribution in [-0.2, 0) is 4.79 Å². The van der Waals surface area contributed by atoms with E-state index in [-0.39, 0.29) is 42.8 Å². The summed E-state index contributed by atoms with van der Waals surface area (Å²) in [5.41, 5.74) is 0.820. The van der Waals surface area contributed by atoms with Gasteiger partial charge in [0.1, 0.15) is 5.76 Å². The minimum atomic E-state index is -0.324. The van der Waals surface area contributed by atoms with Gasteiger partial charge < -0.3 is 9.32 Å². The van der Waals surface area contributed by atoms with E-state index in [1.807, 2.05) is 17.9 Å². The second-order valence-corrected chi connectivity index (χ2v) is 6.78. The molecule has 1 aromatic carbocycles. The molecule has 1 aliphatic carbocycles. The van der Waals surface area contributed by atoms with E-state index in [2.05, 4.69) is 0 Å². The number of nitrogens with zero attached hydrogens (tertiary/aromatic N) is 2. The summed E-state index contributed by atoms with van der Waals surface area (Å²) in [6.45, 7) is 2.04. The SMILES string of the molecule is C[C@@H](c1ccco1)N(C(=O)CCN1C(=O)c2ccccc2C1=O)C1CC1. The van der Waals surface area contributed by atoms with Crippen LogP contribution in [0, 0.1) is 0 Å². The van der Waals surface area contributed by atoms with Gasteiger partial charge in [-0.15, -0.1) is 0 Å². The number of carbonyl (C=O) groups excluding carboxylic acids is 3. The Bertz CT molecular complexity index is 819. The Hall–Kier alpha value is -2.89. The summed E-state index contributed by atoms with van der Waals surface area (Å²) in [6.07, 6.45) is 3.67. The summed E-state index contributed by atoms with van der Waals surface area (Å²) < 4.78 is 5.45. The predicted molar refractivity (Wildman–Crippen MR) is 93.4 cm³/mol. The zero-order chi connectivity index (χ0) is 18.3. The van der Waals surface area contributed by atoms with Gasteiger partial charge in [-0.05, 0) is 44.0 Å². The Labute approximate surface area is 151 Å². The van der Waals surface area contributed by atoms with Crippen LogP contribution in [0.25, 0.3) is 0 Å². The summed E-state index contributed by atoms with van der Waals surface area (Å²) in [6, 6.07) is 10.5. The fourth-order valence-corrected chi connectivity index (χ4v) is 3.53. The van der Waals surface area contributed by atoms with Crippen LogP contribution in [0.2, 0.25) is 0 Å². The molecule has 4 rings (SSSR count). The van der Waals surface area contributed by atoms with Crippen molar-refractivity contribution in [2.45, 2.75) is 38.3 Å². The zero-order valence-corrected chi connectivity index (χ0v) is 14.6. The van der Waals surface area contributed by atoms with Gasteiger partial charge in [0, 0.05) is 19.0 Å². The molecular formula is C20H20N2O4. The fourth-order valence-electron chi connectivity index (χ4n) is 3.53. The number of benzene rings is 1. The number of fused-ring (bicyclic) bond motifs is 1. The molecule has 0 saturated heterocycles. The lowest BCUT2D eigenvalue weighted by molar-refractivity contribution is -0.134. The van der Waals surface area contributed by atoms with Crippen molar-refractivity contribution in [3.63, 3.8) is 0 Å². The summed E-state index contributed by atoms with van der Waals surface area (Å²) in [7, 11) is 0. The number of imide groups is 1. The van der Waals surface area contributed by atoms with E-state index >= 15 is 0 Å². The predicted octanol–water partition coefficient (Wildman–Crippen LogP) is 3.02. The molecule has 1 saturated carbocycles. The molecule has 6 heteroatoms. The lowest BCUT2D eigenvalue weighted by Crippen LogP contribution is -2.39. The molecular weight excluding hydrogens is 332 g/mol. The Morgan fingerprint density at radius 1 is 1.15 bits per heavy atom. The topological polar surface area (TPSA) is 70.8 Å². The van der Waals surface area contributed by atoms with Crippen molar-refractivity contribution in [1.29, 1.82) is 0 Å². The van der Waals surface area contributed by atoms with Crippen LogP contribution in [0.1, 0.15) is 58.7 Å². The van der Waals surface area contributed by atoms with Crippen LogP contribution in [0.5, 0.6) is 0 Å². The number of hydrogen-bond acceptors (Lipinski definition) is 4. The molecule has 0 N–H and O–H groups in total. The van der Waals surface area contributed by atoms with Crippen LogP contribution in [-0.4, -0.2) is 40.1 Å². The van der Waals surface area contributed by atoms with Gasteiger partial charge in [0.15, 0.2) is 0 Å². The van der Waals surface area contributed by atoms with Crippen molar-refractivity contribution >= 4 is 17.7 Å². The third-order valence-electron chi connectivity index (χ3n) is 5.03.